The Morgan fingerprint density at radius 2 is 1.70 bits per heavy atom. The third-order valence-corrected chi connectivity index (χ3v) is 5.65. The number of hydrogen-bond donors (Lipinski definition) is 2. The molecule has 0 bridgehead atoms. The summed E-state index contributed by atoms with van der Waals surface area (Å²) in [5.41, 5.74) is 4.00. The molecule has 0 spiro atoms. The van der Waals surface area contributed by atoms with E-state index in [9.17, 15) is 13.2 Å². The van der Waals surface area contributed by atoms with Gasteiger partial charge in [0, 0.05) is 17.3 Å². The van der Waals surface area contributed by atoms with E-state index in [1.807, 2.05) is 26.8 Å². The first-order valence-corrected chi connectivity index (χ1v) is 10.1. The van der Waals surface area contributed by atoms with Gasteiger partial charge in [0.05, 0.1) is 10.6 Å². The Balaban J connectivity index is 2.06. The van der Waals surface area contributed by atoms with Gasteiger partial charge in [-0.25, -0.2) is 13.5 Å². The zero-order chi connectivity index (χ0) is 19.6. The number of nitrogens with one attached hydrogen (secondary N) is 2. The van der Waals surface area contributed by atoms with Gasteiger partial charge >= 0.3 is 0 Å². The highest BCUT2D eigenvalue weighted by Crippen LogP contribution is 2.26. The maximum Gasteiger partial charge on any atom is 0.264 e. The van der Waals surface area contributed by atoms with Crippen molar-refractivity contribution in [3.63, 3.8) is 0 Å². The number of aromatic amines is 1. The molecule has 0 unspecified atom stereocenters. The molecule has 140 valence electrons. The van der Waals surface area contributed by atoms with Crippen molar-refractivity contribution in [1.29, 1.82) is 0 Å². The molecular formula is C20H21N3O3S. The summed E-state index contributed by atoms with van der Waals surface area (Å²) in [7, 11) is -3.78. The highest BCUT2D eigenvalue weighted by molar-refractivity contribution is 7.92. The zero-order valence-corrected chi connectivity index (χ0v) is 16.2. The largest absolute Gasteiger partial charge is 0.280 e. The van der Waals surface area contributed by atoms with Gasteiger partial charge in [-0.1, -0.05) is 25.1 Å². The van der Waals surface area contributed by atoms with E-state index in [4.69, 9.17) is 0 Å². The lowest BCUT2D eigenvalue weighted by Gasteiger charge is -2.14. The van der Waals surface area contributed by atoms with Gasteiger partial charge in [-0.3, -0.25) is 9.52 Å². The maximum absolute atomic E-state index is 13.1. The molecule has 0 amide bonds. The molecule has 0 radical (unpaired) electrons. The molecule has 2 N–H and O–H groups in total. The van der Waals surface area contributed by atoms with Crippen LogP contribution in [0.5, 0.6) is 0 Å². The van der Waals surface area contributed by atoms with Crippen molar-refractivity contribution >= 4 is 15.7 Å². The predicted molar refractivity (Wildman–Crippen MR) is 106 cm³/mol. The van der Waals surface area contributed by atoms with E-state index >= 15 is 0 Å². The number of H-pyrrole nitrogens is 1. The summed E-state index contributed by atoms with van der Waals surface area (Å²) in [6, 6.07) is 13.7. The molecule has 0 saturated heterocycles. The highest BCUT2D eigenvalue weighted by Gasteiger charge is 2.19. The molecule has 0 aliphatic rings. The normalized spacial score (nSPS) is 11.4. The van der Waals surface area contributed by atoms with Crippen molar-refractivity contribution in [1.82, 2.24) is 10.2 Å². The van der Waals surface area contributed by atoms with Crippen LogP contribution in [-0.2, 0) is 16.4 Å². The minimum atomic E-state index is -3.78. The first-order valence-electron chi connectivity index (χ1n) is 8.58. The number of hydrogen-bond acceptors (Lipinski definition) is 4. The van der Waals surface area contributed by atoms with Crippen LogP contribution in [-0.4, -0.2) is 18.6 Å². The number of aromatic nitrogens is 2. The minimum Gasteiger partial charge on any atom is -0.280 e. The Hall–Kier alpha value is -2.93. The van der Waals surface area contributed by atoms with E-state index < -0.39 is 10.0 Å². The Labute approximate surface area is 158 Å². The lowest BCUT2D eigenvalue weighted by molar-refractivity contribution is 0.600. The van der Waals surface area contributed by atoms with Gasteiger partial charge in [-0.2, -0.15) is 5.10 Å². The Bertz CT molecular complexity index is 1110. The average molecular weight is 383 g/mol. The fourth-order valence-corrected chi connectivity index (χ4v) is 4.38. The second kappa shape index (κ2) is 7.36. The predicted octanol–water partition coefficient (Wildman–Crippen LogP) is 3.42. The first kappa shape index (κ1) is 18.8. The fraction of sp³-hybridized carbons (Fsp3) is 0.200. The van der Waals surface area contributed by atoms with E-state index in [2.05, 4.69) is 14.9 Å². The lowest BCUT2D eigenvalue weighted by atomic mass is 10.1. The van der Waals surface area contributed by atoms with Crippen LogP contribution in [0.3, 0.4) is 0 Å². The van der Waals surface area contributed by atoms with Crippen molar-refractivity contribution in [2.45, 2.75) is 32.1 Å². The second-order valence-corrected chi connectivity index (χ2v) is 8.12. The monoisotopic (exact) mass is 383 g/mol. The van der Waals surface area contributed by atoms with E-state index in [-0.39, 0.29) is 10.5 Å². The summed E-state index contributed by atoms with van der Waals surface area (Å²) in [5.74, 6) is 0. The molecule has 1 aromatic heterocycles. The van der Waals surface area contributed by atoms with Crippen molar-refractivity contribution in [2.75, 3.05) is 4.72 Å². The Kier molecular flexibility index (Phi) is 5.14. The quantitative estimate of drug-likeness (QED) is 0.706. The zero-order valence-electron chi connectivity index (χ0n) is 15.4. The molecule has 3 rings (SSSR count). The summed E-state index contributed by atoms with van der Waals surface area (Å²) in [6.07, 6.45) is 0.572. The molecule has 3 aromatic rings. The van der Waals surface area contributed by atoms with Gasteiger partial charge in [0.2, 0.25) is 0 Å². The smallest absolute Gasteiger partial charge is 0.264 e. The highest BCUT2D eigenvalue weighted by atomic mass is 32.2. The summed E-state index contributed by atoms with van der Waals surface area (Å²) < 4.78 is 28.8. The summed E-state index contributed by atoms with van der Waals surface area (Å²) in [6.45, 7) is 5.75. The van der Waals surface area contributed by atoms with Crippen molar-refractivity contribution in [2.24, 2.45) is 0 Å². The number of sulfonamides is 1. The van der Waals surface area contributed by atoms with Crippen LogP contribution < -0.4 is 10.3 Å². The molecular weight excluding hydrogens is 362 g/mol. The van der Waals surface area contributed by atoms with E-state index in [0.717, 1.165) is 11.1 Å². The fourth-order valence-electron chi connectivity index (χ4n) is 3.01. The number of aryl methyl sites for hydroxylation is 3. The van der Waals surface area contributed by atoms with Gasteiger partial charge in [0.1, 0.15) is 0 Å². The molecule has 2 aromatic carbocycles. The molecule has 6 nitrogen and oxygen atoms in total. The molecule has 0 saturated carbocycles. The van der Waals surface area contributed by atoms with Crippen LogP contribution in [0.4, 0.5) is 5.69 Å². The molecule has 0 fully saturated rings. The molecule has 1 heterocycles. The molecule has 27 heavy (non-hydrogen) atoms. The standard InChI is InChI=1S/C20H21N3O3S/c1-4-15-5-6-16(18-7-8-20(24)22-21-18)12-19(15)27(25,26)23-17-10-13(2)9-14(3)11-17/h5-12,23H,4H2,1-3H3,(H,22,24). The van der Waals surface area contributed by atoms with Crippen LogP contribution >= 0.6 is 0 Å². The summed E-state index contributed by atoms with van der Waals surface area (Å²) in [4.78, 5) is 11.4. The average Bonchev–Trinajstić information content (AvgIpc) is 2.60. The van der Waals surface area contributed by atoms with E-state index in [1.165, 1.54) is 6.07 Å². The second-order valence-electron chi connectivity index (χ2n) is 6.46. The van der Waals surface area contributed by atoms with Crippen LogP contribution in [0.1, 0.15) is 23.6 Å². The SMILES string of the molecule is CCc1ccc(-c2ccc(=O)[nH]n2)cc1S(=O)(=O)Nc1cc(C)cc(C)c1. The maximum atomic E-state index is 13.1. The Morgan fingerprint density at radius 1 is 1.00 bits per heavy atom. The van der Waals surface area contributed by atoms with E-state index in [0.29, 0.717) is 28.9 Å². The topological polar surface area (TPSA) is 91.9 Å². The summed E-state index contributed by atoms with van der Waals surface area (Å²) >= 11 is 0. The van der Waals surface area contributed by atoms with Gasteiger partial charge in [-0.15, -0.1) is 0 Å². The van der Waals surface area contributed by atoms with Crippen LogP contribution in [0, 0.1) is 13.8 Å². The third kappa shape index (κ3) is 4.25. The summed E-state index contributed by atoms with van der Waals surface area (Å²) in [5, 5.41) is 6.35. The number of rotatable bonds is 5. The van der Waals surface area contributed by atoms with Crippen LogP contribution in [0.15, 0.2) is 58.2 Å². The minimum absolute atomic E-state index is 0.203. The van der Waals surface area contributed by atoms with Crippen molar-refractivity contribution < 1.29 is 8.42 Å². The number of anilines is 1. The van der Waals surface area contributed by atoms with Crippen molar-refractivity contribution in [3.8, 4) is 11.3 Å². The molecule has 7 heteroatoms. The first-order chi connectivity index (χ1) is 12.8. The van der Waals surface area contributed by atoms with Gasteiger partial charge in [0.25, 0.3) is 15.6 Å². The van der Waals surface area contributed by atoms with E-state index in [1.54, 1.807) is 36.4 Å². The van der Waals surface area contributed by atoms with Gasteiger partial charge in [0.15, 0.2) is 0 Å². The molecule has 0 aliphatic heterocycles. The van der Waals surface area contributed by atoms with Crippen molar-refractivity contribution in [3.05, 3.63) is 75.6 Å². The lowest BCUT2D eigenvalue weighted by Crippen LogP contribution is -2.15. The molecule has 0 atom stereocenters. The molecule has 0 aliphatic carbocycles. The van der Waals surface area contributed by atoms with Gasteiger partial charge < -0.3 is 0 Å². The van der Waals surface area contributed by atoms with Crippen LogP contribution in [0.2, 0.25) is 0 Å². The number of benzene rings is 2. The third-order valence-electron chi connectivity index (χ3n) is 4.19. The van der Waals surface area contributed by atoms with Crippen LogP contribution in [0.25, 0.3) is 11.3 Å². The van der Waals surface area contributed by atoms with Gasteiger partial charge in [-0.05, 0) is 61.2 Å². The Morgan fingerprint density at radius 3 is 2.30 bits per heavy atom. The number of nitrogens with zero attached hydrogens (tertiary/aromatic N) is 1.